The standard InChI is InChI=1S/C24H32N4O/c1-14(25)15-6-8-27(9-7-15)23-5-2-16(11-26-23)24(29)28-12-21-17-3-4-18(22(21)13-28)20-10-19(17)20/h2,5,11,15,17-22H,1,3-4,6-10,12-13,25H2. The molecule has 7 rings (SSSR count). The number of hydrogen-bond donors (Lipinski definition) is 1. The third kappa shape index (κ3) is 2.80. The SMILES string of the molecule is C=C(N)C1CCN(c2ccc(C(=O)N3CC4C5CCC(C6CC56)C4C3)cn2)CC1. The molecular formula is C24H32N4O. The average molecular weight is 393 g/mol. The van der Waals surface area contributed by atoms with Crippen LogP contribution in [0.15, 0.2) is 30.6 Å². The highest BCUT2D eigenvalue weighted by Crippen LogP contribution is 2.67. The highest BCUT2D eigenvalue weighted by Gasteiger charge is 2.63. The largest absolute Gasteiger partial charge is 0.402 e. The maximum atomic E-state index is 13.2. The van der Waals surface area contributed by atoms with Crippen molar-refractivity contribution in [3.8, 4) is 0 Å². The Balaban J connectivity index is 1.11. The fourth-order valence-electron chi connectivity index (χ4n) is 7.38. The fourth-order valence-corrected chi connectivity index (χ4v) is 7.38. The molecule has 2 saturated heterocycles. The molecule has 0 aromatic carbocycles. The highest BCUT2D eigenvalue weighted by molar-refractivity contribution is 5.94. The molecule has 154 valence electrons. The van der Waals surface area contributed by atoms with Crippen molar-refractivity contribution in [2.45, 2.75) is 32.1 Å². The molecule has 0 radical (unpaired) electrons. The first-order valence-electron chi connectivity index (χ1n) is 11.5. The lowest BCUT2D eigenvalue weighted by molar-refractivity contribution is 0.0464. The summed E-state index contributed by atoms with van der Waals surface area (Å²) in [6.07, 6.45) is 8.16. The van der Waals surface area contributed by atoms with Crippen molar-refractivity contribution in [3.05, 3.63) is 36.2 Å². The minimum atomic E-state index is 0.185. The molecule has 1 aromatic heterocycles. The Labute approximate surface area is 173 Å². The Kier molecular flexibility index (Phi) is 3.97. The number of anilines is 1. The zero-order chi connectivity index (χ0) is 19.7. The summed E-state index contributed by atoms with van der Waals surface area (Å²) in [5.74, 6) is 6.94. The van der Waals surface area contributed by atoms with Gasteiger partial charge in [0.2, 0.25) is 0 Å². The number of fused-ring (bicyclic) bond motifs is 1. The third-order valence-corrected chi connectivity index (χ3v) is 8.96. The number of pyridine rings is 1. The summed E-state index contributed by atoms with van der Waals surface area (Å²) in [4.78, 5) is 22.2. The van der Waals surface area contributed by atoms with Gasteiger partial charge in [0.15, 0.2) is 0 Å². The molecule has 6 unspecified atom stereocenters. The number of amides is 1. The minimum absolute atomic E-state index is 0.185. The van der Waals surface area contributed by atoms with E-state index < -0.39 is 0 Å². The molecule has 6 fully saturated rings. The highest BCUT2D eigenvalue weighted by atomic mass is 16.2. The Bertz CT molecular complexity index is 804. The van der Waals surface area contributed by atoms with Gasteiger partial charge in [-0.2, -0.15) is 0 Å². The summed E-state index contributed by atoms with van der Waals surface area (Å²) in [6.45, 7) is 7.74. The number of nitrogens with two attached hydrogens (primary N) is 1. The molecule has 5 nitrogen and oxygen atoms in total. The molecule has 29 heavy (non-hydrogen) atoms. The van der Waals surface area contributed by atoms with Crippen molar-refractivity contribution in [1.29, 1.82) is 0 Å². The molecule has 2 bridgehead atoms. The van der Waals surface area contributed by atoms with E-state index >= 15 is 0 Å². The van der Waals surface area contributed by atoms with Gasteiger partial charge in [0.1, 0.15) is 5.82 Å². The number of aromatic nitrogens is 1. The normalized spacial score (nSPS) is 37.9. The van der Waals surface area contributed by atoms with Crippen LogP contribution in [0.5, 0.6) is 0 Å². The van der Waals surface area contributed by atoms with Gasteiger partial charge in [0, 0.05) is 44.0 Å². The zero-order valence-electron chi connectivity index (χ0n) is 17.2. The van der Waals surface area contributed by atoms with Crippen molar-refractivity contribution in [1.82, 2.24) is 9.88 Å². The lowest BCUT2D eigenvalue weighted by Gasteiger charge is -2.44. The molecule has 3 heterocycles. The van der Waals surface area contributed by atoms with Crippen LogP contribution in [-0.4, -0.2) is 42.0 Å². The predicted molar refractivity (Wildman–Crippen MR) is 113 cm³/mol. The van der Waals surface area contributed by atoms with Crippen LogP contribution >= 0.6 is 0 Å². The number of carbonyl (C=O) groups is 1. The molecule has 1 aromatic rings. The second kappa shape index (κ2) is 6.48. The summed E-state index contributed by atoms with van der Waals surface area (Å²) < 4.78 is 0. The van der Waals surface area contributed by atoms with Gasteiger partial charge in [-0.3, -0.25) is 4.79 Å². The molecule has 2 aliphatic heterocycles. The van der Waals surface area contributed by atoms with Gasteiger partial charge < -0.3 is 15.5 Å². The Morgan fingerprint density at radius 1 is 0.966 bits per heavy atom. The Morgan fingerprint density at radius 2 is 1.62 bits per heavy atom. The van der Waals surface area contributed by atoms with Crippen molar-refractivity contribution >= 4 is 11.7 Å². The summed E-state index contributed by atoms with van der Waals surface area (Å²) in [7, 11) is 0. The summed E-state index contributed by atoms with van der Waals surface area (Å²) in [5, 5.41) is 0. The molecular weight excluding hydrogens is 360 g/mol. The predicted octanol–water partition coefficient (Wildman–Crippen LogP) is 3.13. The van der Waals surface area contributed by atoms with Crippen molar-refractivity contribution in [2.24, 2.45) is 47.2 Å². The molecule has 0 spiro atoms. The number of hydrogen-bond acceptors (Lipinski definition) is 4. The maximum Gasteiger partial charge on any atom is 0.255 e. The quantitative estimate of drug-likeness (QED) is 0.858. The van der Waals surface area contributed by atoms with Crippen molar-refractivity contribution in [2.75, 3.05) is 31.1 Å². The maximum absolute atomic E-state index is 13.2. The van der Waals surface area contributed by atoms with E-state index in [-0.39, 0.29) is 5.91 Å². The minimum Gasteiger partial charge on any atom is -0.402 e. The first-order valence-corrected chi connectivity index (χ1v) is 11.5. The lowest BCUT2D eigenvalue weighted by atomic mass is 9.60. The zero-order valence-corrected chi connectivity index (χ0v) is 17.2. The summed E-state index contributed by atoms with van der Waals surface area (Å²) >= 11 is 0. The van der Waals surface area contributed by atoms with Crippen LogP contribution in [0.2, 0.25) is 0 Å². The number of nitrogens with zero attached hydrogens (tertiary/aromatic N) is 3. The topological polar surface area (TPSA) is 62.5 Å². The van der Waals surface area contributed by atoms with E-state index in [4.69, 9.17) is 5.73 Å². The first-order chi connectivity index (χ1) is 14.1. The second-order valence-electron chi connectivity index (χ2n) is 10.2. The average Bonchev–Trinajstić information content (AvgIpc) is 3.45. The van der Waals surface area contributed by atoms with Gasteiger partial charge in [-0.25, -0.2) is 4.98 Å². The smallest absolute Gasteiger partial charge is 0.255 e. The summed E-state index contributed by atoms with van der Waals surface area (Å²) in [6, 6.07) is 4.00. The Hall–Kier alpha value is -2.04. The molecule has 4 saturated carbocycles. The van der Waals surface area contributed by atoms with Gasteiger partial charge >= 0.3 is 0 Å². The van der Waals surface area contributed by atoms with Crippen LogP contribution in [0.25, 0.3) is 0 Å². The number of allylic oxidation sites excluding steroid dienone is 1. The number of carbonyl (C=O) groups excluding carboxylic acids is 1. The monoisotopic (exact) mass is 392 g/mol. The molecule has 5 heteroatoms. The van der Waals surface area contributed by atoms with Crippen LogP contribution in [-0.2, 0) is 0 Å². The van der Waals surface area contributed by atoms with Crippen molar-refractivity contribution < 1.29 is 4.79 Å². The van der Waals surface area contributed by atoms with E-state index in [1.165, 1.54) is 19.3 Å². The lowest BCUT2D eigenvalue weighted by Crippen LogP contribution is -2.40. The van der Waals surface area contributed by atoms with E-state index in [0.29, 0.717) is 5.92 Å². The number of likely N-dealkylation sites (tertiary alicyclic amines) is 1. The molecule has 4 aliphatic carbocycles. The molecule has 2 N–H and O–H groups in total. The molecule has 6 atom stereocenters. The van der Waals surface area contributed by atoms with Gasteiger partial charge in [0.05, 0.1) is 5.56 Å². The van der Waals surface area contributed by atoms with Crippen LogP contribution in [0.1, 0.15) is 42.5 Å². The van der Waals surface area contributed by atoms with E-state index in [0.717, 1.165) is 91.6 Å². The van der Waals surface area contributed by atoms with Gasteiger partial charge in [-0.1, -0.05) is 6.58 Å². The second-order valence-corrected chi connectivity index (χ2v) is 10.2. The van der Waals surface area contributed by atoms with E-state index in [9.17, 15) is 4.79 Å². The van der Waals surface area contributed by atoms with Crippen molar-refractivity contribution in [3.63, 3.8) is 0 Å². The van der Waals surface area contributed by atoms with Crippen LogP contribution in [0.4, 0.5) is 5.82 Å². The summed E-state index contributed by atoms with van der Waals surface area (Å²) in [5.41, 5.74) is 7.41. The third-order valence-electron chi connectivity index (χ3n) is 8.96. The number of piperidine rings is 1. The van der Waals surface area contributed by atoms with Gasteiger partial charge in [-0.05, 0) is 79.7 Å². The van der Waals surface area contributed by atoms with E-state index in [1.807, 2.05) is 12.1 Å². The van der Waals surface area contributed by atoms with Gasteiger partial charge in [0.25, 0.3) is 5.91 Å². The first kappa shape index (κ1) is 17.8. The van der Waals surface area contributed by atoms with Gasteiger partial charge in [-0.15, -0.1) is 0 Å². The Morgan fingerprint density at radius 3 is 2.17 bits per heavy atom. The van der Waals surface area contributed by atoms with Crippen LogP contribution < -0.4 is 10.6 Å². The molecule has 1 amide bonds. The van der Waals surface area contributed by atoms with E-state index in [2.05, 4.69) is 21.4 Å². The molecule has 6 aliphatic rings. The van der Waals surface area contributed by atoms with E-state index in [1.54, 1.807) is 6.20 Å². The number of rotatable bonds is 3. The van der Waals surface area contributed by atoms with Crippen LogP contribution in [0.3, 0.4) is 0 Å². The fraction of sp³-hybridized carbons (Fsp3) is 0.667. The van der Waals surface area contributed by atoms with Crippen LogP contribution in [0, 0.1) is 41.4 Å².